The Kier molecular flexibility index (Phi) is 3.64. The molecular formula is C19H23N7O. The lowest BCUT2D eigenvalue weighted by Gasteiger charge is -2.35. The van der Waals surface area contributed by atoms with Crippen LogP contribution in [0.2, 0.25) is 0 Å². The fraction of sp³-hybridized carbons (Fsp3) is 0.368. The third-order valence-corrected chi connectivity index (χ3v) is 4.58. The molecular weight excluding hydrogens is 342 g/mol. The molecule has 27 heavy (non-hydrogen) atoms. The number of benzene rings is 1. The smallest absolute Gasteiger partial charge is 0.245 e. The fourth-order valence-electron chi connectivity index (χ4n) is 3.43. The van der Waals surface area contributed by atoms with Crippen LogP contribution in [-0.2, 0) is 6.98 Å². The minimum atomic E-state index is -2.34. The molecule has 1 aliphatic heterocycles. The highest BCUT2D eigenvalue weighted by Crippen LogP contribution is 2.32. The summed E-state index contributed by atoms with van der Waals surface area (Å²) in [7, 11) is 0. The van der Waals surface area contributed by atoms with E-state index in [0.29, 0.717) is 40.4 Å². The lowest BCUT2D eigenvalue weighted by molar-refractivity contribution is 0.402. The maximum absolute atomic E-state index is 10.5. The van der Waals surface area contributed by atoms with Gasteiger partial charge >= 0.3 is 0 Å². The van der Waals surface area contributed by atoms with Crippen LogP contribution in [0.25, 0.3) is 22.4 Å². The number of aryl methyl sites for hydroxylation is 1. The molecule has 1 saturated heterocycles. The molecule has 0 spiro atoms. The van der Waals surface area contributed by atoms with E-state index >= 15 is 0 Å². The number of aromatic hydroxyl groups is 1. The quantitative estimate of drug-likeness (QED) is 0.729. The number of hydrogen-bond donors (Lipinski definition) is 2. The van der Waals surface area contributed by atoms with E-state index in [1.807, 2.05) is 0 Å². The predicted octanol–water partition coefficient (Wildman–Crippen LogP) is 1.83. The number of anilines is 1. The number of hydrogen-bond acceptors (Lipinski definition) is 7. The molecule has 0 aliphatic carbocycles. The van der Waals surface area contributed by atoms with Crippen molar-refractivity contribution < 1.29 is 9.22 Å². The molecule has 0 unspecified atom stereocenters. The average Bonchev–Trinajstić information content (AvgIpc) is 3.18. The van der Waals surface area contributed by atoms with Crippen LogP contribution in [0.5, 0.6) is 5.75 Å². The number of phenolic OH excluding ortho intramolecular Hbond substituents is 1. The van der Waals surface area contributed by atoms with E-state index in [2.05, 4.69) is 44.3 Å². The Balaban J connectivity index is 1.55. The van der Waals surface area contributed by atoms with E-state index in [1.54, 1.807) is 24.4 Å². The largest absolute Gasteiger partial charge is 0.507 e. The van der Waals surface area contributed by atoms with Crippen LogP contribution in [0.15, 0.2) is 36.8 Å². The van der Waals surface area contributed by atoms with Gasteiger partial charge in [-0.1, -0.05) is 6.07 Å². The van der Waals surface area contributed by atoms with E-state index in [4.69, 9.17) is 4.11 Å². The first-order valence-corrected chi connectivity index (χ1v) is 8.80. The lowest BCUT2D eigenvalue weighted by Crippen LogP contribution is -2.54. The van der Waals surface area contributed by atoms with Crippen molar-refractivity contribution in [1.82, 2.24) is 30.3 Å². The van der Waals surface area contributed by atoms with Crippen molar-refractivity contribution in [2.75, 3.05) is 18.0 Å². The summed E-state index contributed by atoms with van der Waals surface area (Å²) in [6, 6.07) is 5.69. The van der Waals surface area contributed by atoms with Crippen LogP contribution in [0, 0.1) is 0 Å². The SMILES string of the molecule is [2H]C([2H])([2H])n1cc(-c2ccc(-c3cnc(N4C[C@@H](C)N[C@@H](C)C4)nn3)c(O)c2)cn1. The van der Waals surface area contributed by atoms with Gasteiger partial charge in [-0.2, -0.15) is 5.10 Å². The first-order valence-electron chi connectivity index (χ1n) is 10.3. The monoisotopic (exact) mass is 368 g/mol. The summed E-state index contributed by atoms with van der Waals surface area (Å²) >= 11 is 0. The molecule has 140 valence electrons. The normalized spacial score (nSPS) is 22.1. The van der Waals surface area contributed by atoms with E-state index in [0.717, 1.165) is 17.8 Å². The van der Waals surface area contributed by atoms with Crippen molar-refractivity contribution in [2.45, 2.75) is 25.9 Å². The van der Waals surface area contributed by atoms with Gasteiger partial charge in [0.1, 0.15) is 11.4 Å². The Morgan fingerprint density at radius 3 is 2.59 bits per heavy atom. The summed E-state index contributed by atoms with van der Waals surface area (Å²) in [6.45, 7) is 3.49. The van der Waals surface area contributed by atoms with Gasteiger partial charge in [-0.05, 0) is 31.5 Å². The highest BCUT2D eigenvalue weighted by molar-refractivity contribution is 5.73. The van der Waals surface area contributed by atoms with E-state index in [1.165, 1.54) is 12.4 Å². The van der Waals surface area contributed by atoms with Gasteiger partial charge in [0.2, 0.25) is 5.95 Å². The van der Waals surface area contributed by atoms with E-state index in [9.17, 15) is 5.11 Å². The zero-order chi connectivity index (χ0) is 21.5. The van der Waals surface area contributed by atoms with E-state index in [-0.39, 0.29) is 5.75 Å². The summed E-state index contributed by atoms with van der Waals surface area (Å²) < 4.78 is 23.1. The van der Waals surface area contributed by atoms with Crippen molar-refractivity contribution in [1.29, 1.82) is 0 Å². The Bertz CT molecular complexity index is 1030. The van der Waals surface area contributed by atoms with Crippen molar-refractivity contribution in [3.8, 4) is 28.1 Å². The van der Waals surface area contributed by atoms with Gasteiger partial charge in [-0.25, -0.2) is 4.98 Å². The molecule has 2 aromatic heterocycles. The van der Waals surface area contributed by atoms with Crippen LogP contribution in [0.4, 0.5) is 5.95 Å². The van der Waals surface area contributed by atoms with Gasteiger partial charge in [-0.3, -0.25) is 4.68 Å². The van der Waals surface area contributed by atoms with Crippen molar-refractivity contribution in [3.63, 3.8) is 0 Å². The number of phenols is 1. The van der Waals surface area contributed by atoms with E-state index < -0.39 is 6.98 Å². The molecule has 1 aromatic carbocycles. The Hall–Kier alpha value is -3.00. The first-order chi connectivity index (χ1) is 14.2. The van der Waals surface area contributed by atoms with Gasteiger partial charge in [0.25, 0.3) is 0 Å². The molecule has 3 aromatic rings. The predicted molar refractivity (Wildman–Crippen MR) is 103 cm³/mol. The summed E-state index contributed by atoms with van der Waals surface area (Å²) in [5.41, 5.74) is 2.19. The second-order valence-electron chi connectivity index (χ2n) is 6.92. The third-order valence-electron chi connectivity index (χ3n) is 4.58. The number of aromatic nitrogens is 5. The Morgan fingerprint density at radius 1 is 1.15 bits per heavy atom. The zero-order valence-corrected chi connectivity index (χ0v) is 15.2. The standard InChI is InChI=1S/C19H23N7O/c1-12-9-26(10-13(2)22-12)19-20-8-17(23-24-19)16-5-4-14(6-18(16)27)15-7-21-25(3)11-15/h4-8,11-13,22,27H,9-10H2,1-3H3/t12-,13+/i3D3. The van der Waals surface area contributed by atoms with Crippen molar-refractivity contribution >= 4 is 5.95 Å². The molecule has 3 heterocycles. The van der Waals surface area contributed by atoms with Crippen LogP contribution < -0.4 is 10.2 Å². The molecule has 2 N–H and O–H groups in total. The topological polar surface area (TPSA) is 92.0 Å². The molecule has 1 aliphatic rings. The maximum atomic E-state index is 10.5. The Morgan fingerprint density at radius 2 is 1.96 bits per heavy atom. The van der Waals surface area contributed by atoms with Crippen molar-refractivity contribution in [3.05, 3.63) is 36.8 Å². The molecule has 0 saturated carbocycles. The van der Waals surface area contributed by atoms with Crippen LogP contribution >= 0.6 is 0 Å². The second-order valence-corrected chi connectivity index (χ2v) is 6.92. The number of nitrogens with one attached hydrogen (secondary N) is 1. The highest BCUT2D eigenvalue weighted by Gasteiger charge is 2.23. The first kappa shape index (κ1) is 14.1. The fourth-order valence-corrected chi connectivity index (χ4v) is 3.43. The number of nitrogens with zero attached hydrogens (tertiary/aromatic N) is 6. The molecule has 0 bridgehead atoms. The van der Waals surface area contributed by atoms with Gasteiger partial charge < -0.3 is 15.3 Å². The van der Waals surface area contributed by atoms with Crippen LogP contribution in [0.1, 0.15) is 18.0 Å². The molecule has 4 rings (SSSR count). The Labute approximate surface area is 162 Å². The second kappa shape index (κ2) is 6.96. The third kappa shape index (κ3) is 3.61. The molecule has 1 fully saturated rings. The van der Waals surface area contributed by atoms with Crippen LogP contribution in [-0.4, -0.2) is 55.2 Å². The summed E-state index contributed by atoms with van der Waals surface area (Å²) in [4.78, 5) is 6.53. The molecule has 0 amide bonds. The van der Waals surface area contributed by atoms with Gasteiger partial charge in [0.05, 0.1) is 12.4 Å². The molecule has 8 nitrogen and oxygen atoms in total. The lowest BCUT2D eigenvalue weighted by atomic mass is 10.0. The van der Waals surface area contributed by atoms with Gasteiger partial charge in [0, 0.05) is 53.6 Å². The summed E-state index contributed by atoms with van der Waals surface area (Å²) in [6.07, 6.45) is 4.47. The summed E-state index contributed by atoms with van der Waals surface area (Å²) in [5.74, 6) is 0.564. The van der Waals surface area contributed by atoms with Gasteiger partial charge in [-0.15, -0.1) is 10.2 Å². The molecule has 8 heteroatoms. The highest BCUT2D eigenvalue weighted by atomic mass is 16.3. The molecule has 2 atom stereocenters. The number of rotatable bonds is 3. The summed E-state index contributed by atoms with van der Waals surface area (Å²) in [5, 5.41) is 26.3. The maximum Gasteiger partial charge on any atom is 0.245 e. The zero-order valence-electron chi connectivity index (χ0n) is 18.2. The van der Waals surface area contributed by atoms with Gasteiger partial charge in [0.15, 0.2) is 0 Å². The average molecular weight is 368 g/mol. The minimum Gasteiger partial charge on any atom is -0.507 e. The number of piperazine rings is 1. The minimum absolute atomic E-state index is 0.00222. The molecule has 0 radical (unpaired) electrons. The van der Waals surface area contributed by atoms with Crippen LogP contribution in [0.3, 0.4) is 0 Å². The van der Waals surface area contributed by atoms with Crippen molar-refractivity contribution in [2.24, 2.45) is 6.98 Å².